The van der Waals surface area contributed by atoms with E-state index in [1.807, 2.05) is 55.5 Å². The van der Waals surface area contributed by atoms with Crippen LogP contribution in [0.5, 0.6) is 11.5 Å². The number of anilines is 3. The minimum atomic E-state index is -0.344. The Morgan fingerprint density at radius 2 is 1.70 bits per heavy atom. The number of carbonyl (C=O) groups is 3. The number of amides is 4. The van der Waals surface area contributed by atoms with E-state index in [0.29, 0.717) is 32.5 Å². The van der Waals surface area contributed by atoms with Gasteiger partial charge >= 0.3 is 6.03 Å². The Kier molecular flexibility index (Phi) is 6.85. The lowest BCUT2D eigenvalue weighted by Crippen LogP contribution is -2.43. The summed E-state index contributed by atoms with van der Waals surface area (Å²) in [5.74, 6) is 1.15. The number of benzene rings is 2. The highest BCUT2D eigenvalue weighted by Gasteiger charge is 2.34. The molecule has 0 saturated heterocycles. The van der Waals surface area contributed by atoms with E-state index < -0.39 is 0 Å². The number of ether oxygens (including phenoxy) is 1. The van der Waals surface area contributed by atoms with Crippen molar-refractivity contribution >= 4 is 56.5 Å². The minimum absolute atomic E-state index is 0.0115. The van der Waals surface area contributed by atoms with Gasteiger partial charge in [0, 0.05) is 25.2 Å². The molecule has 2 aromatic carbocycles. The first-order valence-electron chi connectivity index (χ1n) is 13.3. The molecular formula is C30H29N5O4S. The number of aryl methyl sites for hydroxylation is 1. The van der Waals surface area contributed by atoms with E-state index in [2.05, 4.69) is 20.9 Å². The van der Waals surface area contributed by atoms with Crippen molar-refractivity contribution in [2.75, 3.05) is 10.2 Å². The molecule has 6 rings (SSSR count). The predicted molar refractivity (Wildman–Crippen MR) is 156 cm³/mol. The van der Waals surface area contributed by atoms with E-state index in [1.165, 1.54) is 18.3 Å². The quantitative estimate of drug-likeness (QED) is 0.260. The van der Waals surface area contributed by atoms with Crippen molar-refractivity contribution in [3.63, 3.8) is 0 Å². The normalized spacial score (nSPS) is 18.2. The summed E-state index contributed by atoms with van der Waals surface area (Å²) in [5.41, 5.74) is 2.74. The van der Waals surface area contributed by atoms with E-state index >= 15 is 0 Å². The van der Waals surface area contributed by atoms with Crippen molar-refractivity contribution in [3.8, 4) is 11.5 Å². The number of para-hydroxylation sites is 1. The number of pyridine rings is 1. The largest absolute Gasteiger partial charge is 0.457 e. The molecule has 1 fully saturated rings. The van der Waals surface area contributed by atoms with Gasteiger partial charge in [0.15, 0.2) is 0 Å². The Hall–Kier alpha value is -4.44. The van der Waals surface area contributed by atoms with Crippen LogP contribution in [0.1, 0.15) is 47.8 Å². The van der Waals surface area contributed by atoms with Gasteiger partial charge in [-0.1, -0.05) is 18.2 Å². The van der Waals surface area contributed by atoms with Crippen LogP contribution in [0.4, 0.5) is 21.9 Å². The second kappa shape index (κ2) is 10.6. The molecule has 2 aromatic heterocycles. The Morgan fingerprint density at radius 3 is 2.40 bits per heavy atom. The van der Waals surface area contributed by atoms with Crippen molar-refractivity contribution in [1.29, 1.82) is 0 Å². The number of aromatic nitrogens is 1. The van der Waals surface area contributed by atoms with E-state index in [-0.39, 0.29) is 29.9 Å². The lowest BCUT2D eigenvalue weighted by Gasteiger charge is -2.30. The Bertz CT molecular complexity index is 1610. The minimum Gasteiger partial charge on any atom is -0.457 e. The fraction of sp³-hybridized carbons (Fsp3) is 0.267. The molecule has 4 aromatic rings. The maximum absolute atomic E-state index is 13.5. The molecule has 2 aliphatic rings. The standard InChI is InChI=1S/C30H29N5O4S/c1-17-16-22(39-21-6-4-3-5-7-21)12-13-23(17)35-24-14-15-31-29-25(24)26(34-30(35)38)27(40-29)28(37)33-20-10-8-19(9-11-20)32-18(2)36/h3-7,12-16,19-20H,8-11H2,1-2H3,(H,32,36)(H,33,37)(H,34,38)/t19-,20+. The molecule has 4 amide bonds. The Balaban J connectivity index is 1.25. The lowest BCUT2D eigenvalue weighted by molar-refractivity contribution is -0.119. The van der Waals surface area contributed by atoms with E-state index in [1.54, 1.807) is 17.2 Å². The molecule has 10 heteroatoms. The van der Waals surface area contributed by atoms with E-state index in [9.17, 15) is 14.4 Å². The molecule has 1 saturated carbocycles. The van der Waals surface area contributed by atoms with Gasteiger partial charge in [0.2, 0.25) is 5.91 Å². The number of nitrogens with zero attached hydrogens (tertiary/aromatic N) is 2. The van der Waals surface area contributed by atoms with Gasteiger partial charge in [0.05, 0.1) is 22.4 Å². The van der Waals surface area contributed by atoms with Crippen LogP contribution in [0.3, 0.4) is 0 Å². The van der Waals surface area contributed by atoms with Gasteiger partial charge in [-0.05, 0) is 74.6 Å². The molecular weight excluding hydrogens is 526 g/mol. The number of rotatable bonds is 6. The molecule has 1 aliphatic heterocycles. The van der Waals surface area contributed by atoms with E-state index in [4.69, 9.17) is 4.74 Å². The highest BCUT2D eigenvalue weighted by atomic mass is 32.1. The number of carbonyl (C=O) groups excluding carboxylic acids is 3. The first kappa shape index (κ1) is 25.8. The second-order valence-corrected chi connectivity index (χ2v) is 11.2. The topological polar surface area (TPSA) is 113 Å². The molecule has 0 unspecified atom stereocenters. The molecule has 0 atom stereocenters. The predicted octanol–water partition coefficient (Wildman–Crippen LogP) is 6.26. The van der Waals surface area contributed by atoms with Crippen LogP contribution in [-0.4, -0.2) is 34.9 Å². The summed E-state index contributed by atoms with van der Waals surface area (Å²) in [6, 6.07) is 16.7. The third kappa shape index (κ3) is 4.98. The van der Waals surface area contributed by atoms with Gasteiger partial charge in [-0.2, -0.15) is 0 Å². The van der Waals surface area contributed by atoms with Crippen LogP contribution in [-0.2, 0) is 4.79 Å². The highest BCUT2D eigenvalue weighted by molar-refractivity contribution is 7.21. The fourth-order valence-corrected chi connectivity index (χ4v) is 6.49. The third-order valence-electron chi connectivity index (χ3n) is 7.31. The summed E-state index contributed by atoms with van der Waals surface area (Å²) in [5, 5.41) is 9.81. The van der Waals surface area contributed by atoms with E-state index in [0.717, 1.165) is 42.4 Å². The second-order valence-electron chi connectivity index (χ2n) is 10.2. The van der Waals surface area contributed by atoms with Crippen molar-refractivity contribution in [2.24, 2.45) is 0 Å². The number of thiophene rings is 1. The molecule has 9 nitrogen and oxygen atoms in total. The monoisotopic (exact) mass is 555 g/mol. The molecule has 3 heterocycles. The average Bonchev–Trinajstić information content (AvgIpc) is 3.30. The van der Waals surface area contributed by atoms with Gasteiger partial charge in [-0.3, -0.25) is 14.5 Å². The number of urea groups is 1. The maximum atomic E-state index is 13.5. The van der Waals surface area contributed by atoms with Crippen molar-refractivity contribution < 1.29 is 19.1 Å². The summed E-state index contributed by atoms with van der Waals surface area (Å²) in [7, 11) is 0. The SMILES string of the molecule is CC(=O)N[C@H]1CC[C@@H](NC(=O)c2sc3nccc4c3c2NC(=O)N4c2ccc(Oc3ccccc3)cc2C)CC1. The molecule has 0 spiro atoms. The smallest absolute Gasteiger partial charge is 0.331 e. The third-order valence-corrected chi connectivity index (χ3v) is 8.41. The fourth-order valence-electron chi connectivity index (χ4n) is 5.47. The van der Waals surface area contributed by atoms with Gasteiger partial charge in [-0.25, -0.2) is 9.78 Å². The lowest BCUT2D eigenvalue weighted by atomic mass is 9.91. The van der Waals surface area contributed by atoms with Crippen molar-refractivity contribution in [1.82, 2.24) is 15.6 Å². The molecule has 0 bridgehead atoms. The Morgan fingerprint density at radius 1 is 0.975 bits per heavy atom. The molecule has 3 N–H and O–H groups in total. The van der Waals surface area contributed by atoms with Gasteiger partial charge in [0.25, 0.3) is 5.91 Å². The summed E-state index contributed by atoms with van der Waals surface area (Å²) in [6.07, 6.45) is 4.86. The van der Waals surface area contributed by atoms with Gasteiger partial charge in [-0.15, -0.1) is 11.3 Å². The van der Waals surface area contributed by atoms with Crippen molar-refractivity contribution in [3.05, 3.63) is 71.2 Å². The number of hydrogen-bond acceptors (Lipinski definition) is 6. The molecule has 40 heavy (non-hydrogen) atoms. The molecule has 204 valence electrons. The maximum Gasteiger partial charge on any atom is 0.331 e. The number of nitrogens with one attached hydrogen (secondary N) is 3. The first-order chi connectivity index (χ1) is 19.4. The van der Waals surface area contributed by atoms with Crippen LogP contribution in [0.25, 0.3) is 10.2 Å². The van der Waals surface area contributed by atoms with Crippen LogP contribution in [0, 0.1) is 6.92 Å². The summed E-state index contributed by atoms with van der Waals surface area (Å²) in [4.78, 5) is 45.5. The summed E-state index contributed by atoms with van der Waals surface area (Å²) >= 11 is 1.27. The van der Waals surface area contributed by atoms with Gasteiger partial charge in [0.1, 0.15) is 21.2 Å². The summed E-state index contributed by atoms with van der Waals surface area (Å²) in [6.45, 7) is 3.46. The van der Waals surface area contributed by atoms with Crippen molar-refractivity contribution in [2.45, 2.75) is 51.6 Å². The summed E-state index contributed by atoms with van der Waals surface area (Å²) < 4.78 is 5.97. The molecule has 1 aliphatic carbocycles. The highest BCUT2D eigenvalue weighted by Crippen LogP contribution is 2.46. The van der Waals surface area contributed by atoms with Crippen LogP contribution in [0.15, 0.2) is 60.8 Å². The number of hydrogen-bond donors (Lipinski definition) is 3. The Labute approximate surface area is 235 Å². The first-order valence-corrected chi connectivity index (χ1v) is 14.1. The average molecular weight is 556 g/mol. The zero-order valence-corrected chi connectivity index (χ0v) is 23.0. The molecule has 0 radical (unpaired) electrons. The van der Waals surface area contributed by atoms with Gasteiger partial charge < -0.3 is 20.7 Å². The zero-order chi connectivity index (χ0) is 27.8. The zero-order valence-electron chi connectivity index (χ0n) is 22.2. The van der Waals surface area contributed by atoms with Crippen LogP contribution >= 0.6 is 11.3 Å². The van der Waals surface area contributed by atoms with Crippen LogP contribution in [0.2, 0.25) is 0 Å². The van der Waals surface area contributed by atoms with Crippen LogP contribution < -0.4 is 25.6 Å².